The van der Waals surface area contributed by atoms with E-state index in [1.54, 1.807) is 24.3 Å². The van der Waals surface area contributed by atoms with Crippen molar-refractivity contribution in [1.82, 2.24) is 0 Å². The highest BCUT2D eigenvalue weighted by Crippen LogP contribution is 2.38. The molecule has 2 aromatic rings. The minimum absolute atomic E-state index is 0. The van der Waals surface area contributed by atoms with Gasteiger partial charge in [0.1, 0.15) is 11.4 Å². The van der Waals surface area contributed by atoms with Crippen LogP contribution in [0.2, 0.25) is 0 Å². The molecule has 26 heavy (non-hydrogen) atoms. The molecule has 0 saturated heterocycles. The largest absolute Gasteiger partial charge is 0.479 e. The zero-order valence-corrected chi connectivity index (χ0v) is 13.6. The van der Waals surface area contributed by atoms with Gasteiger partial charge in [-0.25, -0.2) is 9.63 Å². The molecule has 0 unspecified atom stereocenters. The number of hydrogen-bond acceptors (Lipinski definition) is 7. The van der Waals surface area contributed by atoms with Crippen LogP contribution in [0, 0.1) is 11.3 Å². The molecule has 2 N–H and O–H groups in total. The van der Waals surface area contributed by atoms with Gasteiger partial charge in [0.05, 0.1) is 18.2 Å². The second-order valence-electron chi connectivity index (χ2n) is 5.17. The Morgan fingerprint density at radius 2 is 2.08 bits per heavy atom. The standard InChI is InChI=1S/C17H14N2O6.B/c18-9-11-4-5-15(16(8-11)23-10-17(20)21)25-14-3-1-2-13-12(14)6-7-24-19(13)22;/h1-5,8,22H,6-7,10H2,(H,20,21);. The number of carbonyl (C=O) groups is 1. The minimum Gasteiger partial charge on any atom is -0.479 e. The van der Waals surface area contributed by atoms with E-state index in [2.05, 4.69) is 0 Å². The molecule has 131 valence electrons. The number of aliphatic carboxylic acids is 1. The average Bonchev–Trinajstić information content (AvgIpc) is 2.61. The first-order chi connectivity index (χ1) is 12.1. The van der Waals surface area contributed by atoms with Crippen molar-refractivity contribution in [3.63, 3.8) is 0 Å². The predicted octanol–water partition coefficient (Wildman–Crippen LogP) is 2.12. The SMILES string of the molecule is N#Cc1ccc(Oc2cccc3c2CCON3O)c(OCC(=O)O)c1.[B]. The van der Waals surface area contributed by atoms with Gasteiger partial charge in [-0.05, 0) is 24.3 Å². The maximum Gasteiger partial charge on any atom is 0.341 e. The number of ether oxygens (including phenoxy) is 2. The number of fused-ring (bicyclic) bond motifs is 1. The number of carboxylic acids is 1. The van der Waals surface area contributed by atoms with Crippen molar-refractivity contribution in [3.05, 3.63) is 47.5 Å². The lowest BCUT2D eigenvalue weighted by Gasteiger charge is -2.26. The summed E-state index contributed by atoms with van der Waals surface area (Å²) in [5, 5.41) is 28.2. The molecule has 0 aromatic heterocycles. The van der Waals surface area contributed by atoms with Crippen molar-refractivity contribution < 1.29 is 29.4 Å². The fraction of sp³-hybridized carbons (Fsp3) is 0.176. The Morgan fingerprint density at radius 3 is 2.81 bits per heavy atom. The maximum atomic E-state index is 10.7. The molecule has 2 aromatic carbocycles. The van der Waals surface area contributed by atoms with Gasteiger partial charge >= 0.3 is 5.97 Å². The lowest BCUT2D eigenvalue weighted by atomic mass is 10.1. The third-order valence-corrected chi connectivity index (χ3v) is 3.52. The van der Waals surface area contributed by atoms with Crippen molar-refractivity contribution >= 4 is 20.1 Å². The molecular formula is C17H14BN2O6. The number of benzene rings is 2. The molecule has 0 amide bonds. The third-order valence-electron chi connectivity index (χ3n) is 3.52. The fourth-order valence-electron chi connectivity index (χ4n) is 2.42. The molecular weight excluding hydrogens is 339 g/mol. The molecule has 3 rings (SSSR count). The van der Waals surface area contributed by atoms with Gasteiger partial charge in [0.25, 0.3) is 0 Å². The van der Waals surface area contributed by atoms with Gasteiger partial charge in [-0.3, -0.25) is 5.21 Å². The van der Waals surface area contributed by atoms with Crippen molar-refractivity contribution in [2.45, 2.75) is 6.42 Å². The molecule has 1 aliphatic rings. The molecule has 9 heteroatoms. The second kappa shape index (κ2) is 8.25. The number of carboxylic acid groups (broad SMARTS) is 1. The van der Waals surface area contributed by atoms with Crippen LogP contribution in [0.25, 0.3) is 0 Å². The lowest BCUT2D eigenvalue weighted by molar-refractivity contribution is -0.139. The van der Waals surface area contributed by atoms with E-state index in [4.69, 9.17) is 24.7 Å². The van der Waals surface area contributed by atoms with Crippen molar-refractivity contribution in [2.75, 3.05) is 18.4 Å². The van der Waals surface area contributed by atoms with E-state index in [0.29, 0.717) is 35.3 Å². The molecule has 0 saturated carbocycles. The Balaban J connectivity index is 0.00000243. The third kappa shape index (κ3) is 4.06. The quantitative estimate of drug-likeness (QED) is 0.786. The van der Waals surface area contributed by atoms with Crippen LogP contribution in [-0.4, -0.2) is 37.9 Å². The molecule has 3 radical (unpaired) electrons. The Kier molecular flexibility index (Phi) is 6.06. The molecule has 0 aliphatic carbocycles. The molecule has 1 heterocycles. The van der Waals surface area contributed by atoms with E-state index >= 15 is 0 Å². The van der Waals surface area contributed by atoms with Crippen molar-refractivity contribution in [1.29, 1.82) is 5.26 Å². The molecule has 0 spiro atoms. The highest BCUT2D eigenvalue weighted by Gasteiger charge is 2.21. The van der Waals surface area contributed by atoms with Gasteiger partial charge in [-0.2, -0.15) is 5.26 Å². The highest BCUT2D eigenvalue weighted by atomic mass is 16.9. The number of nitrogens with zero attached hydrogens (tertiary/aromatic N) is 2. The van der Waals surface area contributed by atoms with Crippen LogP contribution in [-0.2, 0) is 16.1 Å². The Hall–Kier alpha value is -3.22. The molecule has 8 nitrogen and oxygen atoms in total. The normalized spacial score (nSPS) is 12.4. The number of anilines is 1. The second-order valence-corrected chi connectivity index (χ2v) is 5.17. The maximum absolute atomic E-state index is 10.7. The van der Waals surface area contributed by atoms with Crippen LogP contribution < -0.4 is 14.7 Å². The summed E-state index contributed by atoms with van der Waals surface area (Å²) in [5.41, 5.74) is 1.52. The van der Waals surface area contributed by atoms with Crippen LogP contribution in [0.5, 0.6) is 17.2 Å². The topological polar surface area (TPSA) is 112 Å². The van der Waals surface area contributed by atoms with Crippen LogP contribution in [0.4, 0.5) is 5.69 Å². The molecule has 0 atom stereocenters. The molecule has 0 fully saturated rings. The summed E-state index contributed by atoms with van der Waals surface area (Å²) in [5.74, 6) is -0.250. The van der Waals surface area contributed by atoms with Crippen molar-refractivity contribution in [2.24, 2.45) is 0 Å². The lowest BCUT2D eigenvalue weighted by Crippen LogP contribution is -2.26. The van der Waals surface area contributed by atoms with Gasteiger partial charge in [-0.15, -0.1) is 5.23 Å². The first kappa shape index (κ1) is 19.1. The van der Waals surface area contributed by atoms with Gasteiger partial charge in [0.2, 0.25) is 0 Å². The van der Waals surface area contributed by atoms with Crippen LogP contribution in [0.1, 0.15) is 11.1 Å². The van der Waals surface area contributed by atoms with E-state index in [9.17, 15) is 10.0 Å². The summed E-state index contributed by atoms with van der Waals surface area (Å²) >= 11 is 0. The Bertz CT molecular complexity index is 852. The fourth-order valence-corrected chi connectivity index (χ4v) is 2.42. The van der Waals surface area contributed by atoms with Crippen LogP contribution >= 0.6 is 0 Å². The first-order valence-electron chi connectivity index (χ1n) is 7.39. The van der Waals surface area contributed by atoms with E-state index in [1.165, 1.54) is 12.1 Å². The van der Waals surface area contributed by atoms with Gasteiger partial charge in [0.15, 0.2) is 18.1 Å². The summed E-state index contributed by atoms with van der Waals surface area (Å²) < 4.78 is 11.1. The Morgan fingerprint density at radius 1 is 1.27 bits per heavy atom. The van der Waals surface area contributed by atoms with Gasteiger partial charge in [0, 0.05) is 26.5 Å². The van der Waals surface area contributed by atoms with E-state index in [0.717, 1.165) is 5.56 Å². The highest BCUT2D eigenvalue weighted by molar-refractivity contribution is 5.75. The van der Waals surface area contributed by atoms with Crippen molar-refractivity contribution in [3.8, 4) is 23.3 Å². The summed E-state index contributed by atoms with van der Waals surface area (Å²) in [6.45, 7) is -0.268. The number of nitriles is 1. The zero-order chi connectivity index (χ0) is 17.8. The zero-order valence-electron chi connectivity index (χ0n) is 13.6. The average molecular weight is 353 g/mol. The van der Waals surface area contributed by atoms with E-state index in [1.807, 2.05) is 6.07 Å². The summed E-state index contributed by atoms with van der Waals surface area (Å²) in [4.78, 5) is 15.8. The predicted molar refractivity (Wildman–Crippen MR) is 90.5 cm³/mol. The number of rotatable bonds is 5. The minimum atomic E-state index is -1.14. The van der Waals surface area contributed by atoms with E-state index < -0.39 is 12.6 Å². The monoisotopic (exact) mass is 353 g/mol. The van der Waals surface area contributed by atoms with Gasteiger partial charge in [-0.1, -0.05) is 6.07 Å². The summed E-state index contributed by atoms with van der Waals surface area (Å²) in [7, 11) is 0. The molecule has 0 bridgehead atoms. The van der Waals surface area contributed by atoms with Crippen LogP contribution in [0.3, 0.4) is 0 Å². The van der Waals surface area contributed by atoms with Gasteiger partial charge < -0.3 is 14.6 Å². The number of hydrogen-bond donors (Lipinski definition) is 2. The van der Waals surface area contributed by atoms with Crippen LogP contribution in [0.15, 0.2) is 36.4 Å². The molecule has 1 aliphatic heterocycles. The first-order valence-corrected chi connectivity index (χ1v) is 7.39. The smallest absolute Gasteiger partial charge is 0.341 e. The Labute approximate surface area is 151 Å². The summed E-state index contributed by atoms with van der Waals surface area (Å²) in [6.07, 6.45) is 0.532. The summed E-state index contributed by atoms with van der Waals surface area (Å²) in [6, 6.07) is 11.5. The van der Waals surface area contributed by atoms with E-state index in [-0.39, 0.29) is 19.9 Å².